The molecule has 0 bridgehead atoms. The third kappa shape index (κ3) is 2.33. The van der Waals surface area contributed by atoms with Crippen LogP contribution in [0.4, 0.5) is 13.2 Å². The molecule has 1 aromatic rings. The van der Waals surface area contributed by atoms with Gasteiger partial charge in [-0.25, -0.2) is 0 Å². The molecular formula is C15H14F3NO2. The van der Waals surface area contributed by atoms with Gasteiger partial charge in [-0.15, -0.1) is 0 Å². The summed E-state index contributed by atoms with van der Waals surface area (Å²) in [5.74, 6) is -4.35. The number of fused-ring (bicyclic) bond motifs is 1. The van der Waals surface area contributed by atoms with E-state index in [1.807, 2.05) is 30.3 Å². The van der Waals surface area contributed by atoms with Gasteiger partial charge in [0.1, 0.15) is 0 Å². The first-order chi connectivity index (χ1) is 9.92. The summed E-state index contributed by atoms with van der Waals surface area (Å²) in [6.45, 7) is 0. The van der Waals surface area contributed by atoms with Crippen molar-refractivity contribution in [1.82, 2.24) is 0 Å². The molecule has 3 rings (SSSR count). The van der Waals surface area contributed by atoms with Gasteiger partial charge >= 0.3 is 12.0 Å². The number of rotatable bonds is 1. The zero-order chi connectivity index (χ0) is 15.1. The summed E-state index contributed by atoms with van der Waals surface area (Å²) in [6, 6.07) is 9.30. The Balaban J connectivity index is 1.93. The molecule has 1 heterocycles. The van der Waals surface area contributed by atoms with Gasteiger partial charge in [0.25, 0.3) is 0 Å². The summed E-state index contributed by atoms with van der Waals surface area (Å²) >= 11 is 0. The summed E-state index contributed by atoms with van der Waals surface area (Å²) < 4.78 is 39.0. The van der Waals surface area contributed by atoms with Crippen LogP contribution in [0.2, 0.25) is 0 Å². The average molecular weight is 297 g/mol. The van der Waals surface area contributed by atoms with Gasteiger partial charge in [-0.3, -0.25) is 0 Å². The standard InChI is InChI=1S/C15H14F3NO2/c16-15(17,18)14(20)12-8-4-7-11(13(12)19-21-14)9-10-5-2-1-3-6-10/h1-3,5-6,9,12,20H,4,7-8H2/b11-9+. The van der Waals surface area contributed by atoms with E-state index in [4.69, 9.17) is 0 Å². The Morgan fingerprint density at radius 2 is 2.00 bits per heavy atom. The smallest absolute Gasteiger partial charge is 0.349 e. The third-order valence-electron chi connectivity index (χ3n) is 3.90. The van der Waals surface area contributed by atoms with Gasteiger partial charge < -0.3 is 9.94 Å². The predicted octanol–water partition coefficient (Wildman–Crippen LogP) is 3.51. The normalized spacial score (nSPS) is 30.8. The van der Waals surface area contributed by atoms with Gasteiger partial charge in [-0.05, 0) is 36.5 Å². The van der Waals surface area contributed by atoms with Crippen LogP contribution in [0.15, 0.2) is 41.1 Å². The van der Waals surface area contributed by atoms with Gasteiger partial charge in [0, 0.05) is 0 Å². The van der Waals surface area contributed by atoms with E-state index in [0.29, 0.717) is 18.4 Å². The van der Waals surface area contributed by atoms with Gasteiger partial charge in [0.15, 0.2) is 0 Å². The first kappa shape index (κ1) is 14.1. The van der Waals surface area contributed by atoms with Crippen molar-refractivity contribution in [2.24, 2.45) is 11.1 Å². The zero-order valence-electron chi connectivity index (χ0n) is 11.1. The monoisotopic (exact) mass is 297 g/mol. The molecule has 2 aliphatic rings. The number of alkyl halides is 3. The molecule has 1 saturated carbocycles. The number of halogens is 3. The maximum absolute atomic E-state index is 13.0. The van der Waals surface area contributed by atoms with Crippen molar-refractivity contribution < 1.29 is 23.1 Å². The average Bonchev–Trinajstić information content (AvgIpc) is 2.80. The predicted molar refractivity (Wildman–Crippen MR) is 71.3 cm³/mol. The van der Waals surface area contributed by atoms with E-state index in [0.717, 1.165) is 5.56 Å². The van der Waals surface area contributed by atoms with E-state index in [9.17, 15) is 18.3 Å². The summed E-state index contributed by atoms with van der Waals surface area (Å²) in [5.41, 5.74) is 1.79. The topological polar surface area (TPSA) is 41.8 Å². The number of hydrogen-bond acceptors (Lipinski definition) is 3. The van der Waals surface area contributed by atoms with Crippen molar-refractivity contribution >= 4 is 11.8 Å². The summed E-state index contributed by atoms with van der Waals surface area (Å²) in [4.78, 5) is 4.40. The molecule has 3 nitrogen and oxygen atoms in total. The van der Waals surface area contributed by atoms with Gasteiger partial charge in [0.05, 0.1) is 11.6 Å². The van der Waals surface area contributed by atoms with Crippen LogP contribution in [-0.4, -0.2) is 22.8 Å². The van der Waals surface area contributed by atoms with Crippen LogP contribution in [0.5, 0.6) is 0 Å². The lowest BCUT2D eigenvalue weighted by Gasteiger charge is -2.32. The SMILES string of the molecule is OC1(C(F)(F)F)ON=C2/C(=C/c3ccccc3)CCCC21. The van der Waals surface area contributed by atoms with Crippen LogP contribution in [0.3, 0.4) is 0 Å². The quantitative estimate of drug-likeness (QED) is 0.862. The highest BCUT2D eigenvalue weighted by Gasteiger charge is 2.66. The molecule has 1 aliphatic carbocycles. The van der Waals surface area contributed by atoms with E-state index in [1.165, 1.54) is 0 Å². The lowest BCUT2D eigenvalue weighted by atomic mass is 9.78. The fourth-order valence-electron chi connectivity index (χ4n) is 2.82. The molecule has 6 heteroatoms. The second-order valence-electron chi connectivity index (χ2n) is 5.29. The van der Waals surface area contributed by atoms with Gasteiger partial charge in [-0.1, -0.05) is 35.5 Å². The Labute approximate surface area is 119 Å². The fraction of sp³-hybridized carbons (Fsp3) is 0.400. The van der Waals surface area contributed by atoms with E-state index in [-0.39, 0.29) is 12.1 Å². The Hall–Kier alpha value is -1.82. The number of oxime groups is 1. The molecule has 2 atom stereocenters. The van der Waals surface area contributed by atoms with Crippen molar-refractivity contribution in [1.29, 1.82) is 0 Å². The highest BCUT2D eigenvalue weighted by atomic mass is 19.4. The minimum absolute atomic E-state index is 0.209. The van der Waals surface area contributed by atoms with Crippen LogP contribution in [0, 0.1) is 5.92 Å². The number of hydrogen-bond donors (Lipinski definition) is 1. The van der Waals surface area contributed by atoms with Crippen molar-refractivity contribution in [3.05, 3.63) is 41.5 Å². The van der Waals surface area contributed by atoms with Gasteiger partial charge in [0.2, 0.25) is 0 Å². The third-order valence-corrected chi connectivity index (χ3v) is 3.90. The maximum atomic E-state index is 13.0. The van der Waals surface area contributed by atoms with Crippen LogP contribution >= 0.6 is 0 Å². The van der Waals surface area contributed by atoms with Crippen LogP contribution in [0.1, 0.15) is 24.8 Å². The Kier molecular flexibility index (Phi) is 3.28. The molecule has 1 N–H and O–H groups in total. The van der Waals surface area contributed by atoms with E-state index < -0.39 is 17.9 Å². The summed E-state index contributed by atoms with van der Waals surface area (Å²) in [7, 11) is 0. The highest BCUT2D eigenvalue weighted by Crippen LogP contribution is 2.47. The molecule has 21 heavy (non-hydrogen) atoms. The Morgan fingerprint density at radius 3 is 2.67 bits per heavy atom. The number of aliphatic hydroxyl groups is 1. The minimum atomic E-state index is -4.86. The maximum Gasteiger partial charge on any atom is 0.458 e. The highest BCUT2D eigenvalue weighted by molar-refractivity contribution is 6.06. The molecule has 0 spiro atoms. The first-order valence-electron chi connectivity index (χ1n) is 6.73. The van der Waals surface area contributed by atoms with Crippen molar-refractivity contribution in [2.45, 2.75) is 31.2 Å². The molecule has 0 amide bonds. The summed E-state index contributed by atoms with van der Waals surface area (Å²) in [6.07, 6.45) is -1.67. The molecule has 2 unspecified atom stereocenters. The first-order valence-corrected chi connectivity index (χ1v) is 6.73. The van der Waals surface area contributed by atoms with E-state index in [1.54, 1.807) is 6.08 Å². The molecule has 1 aliphatic heterocycles. The number of allylic oxidation sites excluding steroid dienone is 1. The molecular weight excluding hydrogens is 283 g/mol. The number of benzene rings is 1. The Bertz CT molecular complexity index is 595. The van der Waals surface area contributed by atoms with Crippen molar-refractivity contribution in [2.75, 3.05) is 0 Å². The second kappa shape index (κ2) is 4.87. The minimum Gasteiger partial charge on any atom is -0.349 e. The van der Waals surface area contributed by atoms with E-state index >= 15 is 0 Å². The Morgan fingerprint density at radius 1 is 1.29 bits per heavy atom. The molecule has 0 saturated heterocycles. The largest absolute Gasteiger partial charge is 0.458 e. The summed E-state index contributed by atoms with van der Waals surface area (Å²) in [5, 5.41) is 13.4. The van der Waals surface area contributed by atoms with Crippen LogP contribution < -0.4 is 0 Å². The molecule has 1 fully saturated rings. The zero-order valence-corrected chi connectivity index (χ0v) is 11.1. The van der Waals surface area contributed by atoms with Crippen molar-refractivity contribution in [3.63, 3.8) is 0 Å². The number of nitrogens with zero attached hydrogens (tertiary/aromatic N) is 1. The van der Waals surface area contributed by atoms with Crippen LogP contribution in [0.25, 0.3) is 6.08 Å². The van der Waals surface area contributed by atoms with E-state index in [2.05, 4.69) is 9.99 Å². The molecule has 112 valence electrons. The van der Waals surface area contributed by atoms with Crippen LogP contribution in [-0.2, 0) is 4.84 Å². The molecule has 0 aromatic heterocycles. The second-order valence-corrected chi connectivity index (χ2v) is 5.29. The molecule has 0 radical (unpaired) electrons. The molecule has 1 aromatic carbocycles. The fourth-order valence-corrected chi connectivity index (χ4v) is 2.82. The van der Waals surface area contributed by atoms with Crippen molar-refractivity contribution in [3.8, 4) is 0 Å². The lowest BCUT2D eigenvalue weighted by molar-refractivity contribution is -0.370. The lowest BCUT2D eigenvalue weighted by Crippen LogP contribution is -2.52. The van der Waals surface area contributed by atoms with Gasteiger partial charge in [-0.2, -0.15) is 13.2 Å².